The molecule has 0 radical (unpaired) electrons. The molecule has 0 N–H and O–H groups in total. The molecule has 0 unspecified atom stereocenters. The van der Waals surface area contributed by atoms with Gasteiger partial charge in [-0.2, -0.15) is 0 Å². The predicted molar refractivity (Wildman–Crippen MR) is 76.6 cm³/mol. The van der Waals surface area contributed by atoms with Gasteiger partial charge >= 0.3 is 105 Å². The van der Waals surface area contributed by atoms with E-state index in [1.165, 1.54) is 25.7 Å². The first-order valence-electron chi connectivity index (χ1n) is 5.89. The number of hydrogen-bond donors (Lipinski definition) is 0. The Hall–Kier alpha value is 0.423. The molecule has 0 aliphatic heterocycles. The molecule has 0 fully saturated rings. The minimum Gasteiger partial charge on any atom is -0.147 e. The molecule has 2 aliphatic carbocycles. The fourth-order valence-corrected chi connectivity index (χ4v) is 5.96. The Bertz CT molecular complexity index is 376. The summed E-state index contributed by atoms with van der Waals surface area (Å²) in [6, 6.07) is 0. The van der Waals surface area contributed by atoms with Crippen LogP contribution >= 0.6 is 24.8 Å². The first-order chi connectivity index (χ1) is 7.35. The van der Waals surface area contributed by atoms with Gasteiger partial charge in [-0.1, -0.05) is 0 Å². The monoisotopic (exact) mass is 348 g/mol. The van der Waals surface area contributed by atoms with Crippen molar-refractivity contribution in [2.24, 2.45) is 0 Å². The Morgan fingerprint density at radius 2 is 1.88 bits per heavy atom. The molecule has 0 saturated carbocycles. The summed E-state index contributed by atoms with van der Waals surface area (Å²) in [4.78, 5) is 0. The Kier molecular flexibility index (Phi) is 8.72. The average Bonchev–Trinajstić information content (AvgIpc) is 2.87. The standard InChI is InChI=1S/C9H13.C5H5.2ClH.Zr/c1-3-8-6-5-7-9(8)4-2;1-2-4-5-3-1;;;/h6H,3-5H2,1-2H3;1-3H,4H2;2*1H;. The van der Waals surface area contributed by atoms with E-state index in [0.717, 1.165) is 0 Å². The quantitative estimate of drug-likeness (QED) is 0.657. The van der Waals surface area contributed by atoms with Crippen LogP contribution in [0.4, 0.5) is 0 Å². The SMILES string of the molecule is CCC1=CC[C]([Zr][C]2=CC=CC2)=C1CC.Cl.Cl. The van der Waals surface area contributed by atoms with E-state index in [1.807, 2.05) is 3.28 Å². The van der Waals surface area contributed by atoms with Gasteiger partial charge in [0.05, 0.1) is 0 Å². The van der Waals surface area contributed by atoms with Crippen LogP contribution in [0.3, 0.4) is 0 Å². The van der Waals surface area contributed by atoms with Crippen molar-refractivity contribution in [3.05, 3.63) is 42.0 Å². The van der Waals surface area contributed by atoms with Crippen molar-refractivity contribution >= 4 is 24.8 Å². The minimum absolute atomic E-state index is 0. The third-order valence-corrected chi connectivity index (χ3v) is 6.81. The van der Waals surface area contributed by atoms with Crippen molar-refractivity contribution in [2.45, 2.75) is 39.5 Å². The summed E-state index contributed by atoms with van der Waals surface area (Å²) in [6.45, 7) is 4.59. The number of hydrogen-bond acceptors (Lipinski definition) is 0. The van der Waals surface area contributed by atoms with Crippen molar-refractivity contribution in [2.75, 3.05) is 0 Å². The largest absolute Gasteiger partial charge is 0.147 e. The summed E-state index contributed by atoms with van der Waals surface area (Å²) in [5.74, 6) is 0. The van der Waals surface area contributed by atoms with Gasteiger partial charge < -0.3 is 0 Å². The molecule has 0 spiro atoms. The maximum absolute atomic E-state index is 2.47. The summed E-state index contributed by atoms with van der Waals surface area (Å²) >= 11 is -0.403. The third-order valence-electron chi connectivity index (χ3n) is 3.12. The van der Waals surface area contributed by atoms with Gasteiger partial charge in [-0.05, 0) is 0 Å². The maximum Gasteiger partial charge on any atom is -0.147 e. The Morgan fingerprint density at radius 1 is 1.12 bits per heavy atom. The normalized spacial score (nSPS) is 17.3. The van der Waals surface area contributed by atoms with E-state index in [0.29, 0.717) is 0 Å². The van der Waals surface area contributed by atoms with Gasteiger partial charge in [-0.15, -0.1) is 24.8 Å². The van der Waals surface area contributed by atoms with E-state index in [9.17, 15) is 0 Å². The molecule has 0 aromatic rings. The van der Waals surface area contributed by atoms with E-state index in [1.54, 1.807) is 14.4 Å². The molecule has 0 aromatic heterocycles. The zero-order chi connectivity index (χ0) is 10.7. The van der Waals surface area contributed by atoms with Crippen LogP contribution < -0.4 is 0 Å². The van der Waals surface area contributed by atoms with Crippen molar-refractivity contribution in [1.82, 2.24) is 0 Å². The van der Waals surface area contributed by atoms with Crippen LogP contribution in [-0.2, 0) is 23.2 Å². The number of allylic oxidation sites excluding steroid dienone is 8. The summed E-state index contributed by atoms with van der Waals surface area (Å²) in [5, 5.41) is 0. The van der Waals surface area contributed by atoms with Gasteiger partial charge in [0.1, 0.15) is 0 Å². The predicted octanol–water partition coefficient (Wildman–Crippen LogP) is 5.16. The molecule has 0 heterocycles. The average molecular weight is 350 g/mol. The van der Waals surface area contributed by atoms with Crippen LogP contribution in [0.1, 0.15) is 39.5 Å². The molecule has 0 bridgehead atoms. The van der Waals surface area contributed by atoms with E-state index >= 15 is 0 Å². The Labute approximate surface area is 129 Å². The molecule has 2 rings (SSSR count). The van der Waals surface area contributed by atoms with Crippen LogP contribution in [0.25, 0.3) is 0 Å². The van der Waals surface area contributed by atoms with Gasteiger partial charge in [0.2, 0.25) is 0 Å². The molecule has 3 heteroatoms. The minimum atomic E-state index is -0.403. The van der Waals surface area contributed by atoms with Crippen LogP contribution in [0.2, 0.25) is 0 Å². The smallest absolute Gasteiger partial charge is 0.147 e. The topological polar surface area (TPSA) is 0 Å². The van der Waals surface area contributed by atoms with Crippen molar-refractivity contribution < 1.29 is 23.2 Å². The van der Waals surface area contributed by atoms with Gasteiger partial charge in [-0.3, -0.25) is 0 Å². The second-order valence-electron chi connectivity index (χ2n) is 4.05. The molecular weight excluding hydrogens is 330 g/mol. The van der Waals surface area contributed by atoms with Crippen molar-refractivity contribution in [1.29, 1.82) is 0 Å². The Morgan fingerprint density at radius 3 is 2.41 bits per heavy atom. The molecule has 0 nitrogen and oxygen atoms in total. The zero-order valence-electron chi connectivity index (χ0n) is 10.5. The summed E-state index contributed by atoms with van der Waals surface area (Å²) in [7, 11) is 0. The molecular formula is C14H20Cl2Zr. The van der Waals surface area contributed by atoms with Crippen molar-refractivity contribution in [3.8, 4) is 0 Å². The molecule has 0 atom stereocenters. The maximum atomic E-state index is 2.47. The van der Waals surface area contributed by atoms with Crippen molar-refractivity contribution in [3.63, 3.8) is 0 Å². The first kappa shape index (κ1) is 17.4. The van der Waals surface area contributed by atoms with Crippen LogP contribution in [-0.4, -0.2) is 0 Å². The molecule has 17 heavy (non-hydrogen) atoms. The van der Waals surface area contributed by atoms with E-state index in [-0.39, 0.29) is 24.8 Å². The van der Waals surface area contributed by atoms with E-state index in [2.05, 4.69) is 38.2 Å². The first-order valence-corrected chi connectivity index (χ1v) is 8.35. The second-order valence-corrected chi connectivity index (χ2v) is 7.72. The van der Waals surface area contributed by atoms with E-state index < -0.39 is 23.2 Å². The molecule has 0 saturated heterocycles. The van der Waals surface area contributed by atoms with Gasteiger partial charge in [0.15, 0.2) is 0 Å². The second kappa shape index (κ2) is 8.51. The van der Waals surface area contributed by atoms with Crippen LogP contribution in [0, 0.1) is 0 Å². The number of halogens is 2. The van der Waals surface area contributed by atoms with Gasteiger partial charge in [0, 0.05) is 0 Å². The van der Waals surface area contributed by atoms with Crippen LogP contribution in [0.15, 0.2) is 42.0 Å². The van der Waals surface area contributed by atoms with Crippen LogP contribution in [0.5, 0.6) is 0 Å². The van der Waals surface area contributed by atoms with Gasteiger partial charge in [0.25, 0.3) is 0 Å². The van der Waals surface area contributed by atoms with Gasteiger partial charge in [-0.25, -0.2) is 0 Å². The summed E-state index contributed by atoms with van der Waals surface area (Å²) in [6.07, 6.45) is 14.3. The molecule has 2 aliphatic rings. The fraction of sp³-hybridized carbons (Fsp3) is 0.429. The summed E-state index contributed by atoms with van der Waals surface area (Å²) in [5.41, 5.74) is 3.36. The molecule has 0 amide bonds. The summed E-state index contributed by atoms with van der Waals surface area (Å²) < 4.78 is 3.60. The molecule has 94 valence electrons. The zero-order valence-corrected chi connectivity index (χ0v) is 14.5. The Balaban J connectivity index is 0.00000128. The fourth-order valence-electron chi connectivity index (χ4n) is 2.32. The molecule has 0 aromatic carbocycles. The third kappa shape index (κ3) is 4.23. The van der Waals surface area contributed by atoms with E-state index in [4.69, 9.17) is 0 Å². The number of rotatable bonds is 4.